The van der Waals surface area contributed by atoms with Crippen molar-refractivity contribution >= 4 is 22.5 Å². The molecule has 38 heavy (non-hydrogen) atoms. The van der Waals surface area contributed by atoms with Gasteiger partial charge in [0.15, 0.2) is 11.6 Å². The highest BCUT2D eigenvalue weighted by molar-refractivity contribution is 6.05. The van der Waals surface area contributed by atoms with E-state index in [1.54, 1.807) is 49.4 Å². The van der Waals surface area contributed by atoms with Crippen LogP contribution >= 0.6 is 0 Å². The number of hydrogen-bond donors (Lipinski definition) is 3. The molecule has 0 bridgehead atoms. The maximum absolute atomic E-state index is 15.0. The van der Waals surface area contributed by atoms with Crippen molar-refractivity contribution in [3.05, 3.63) is 106 Å². The molecule has 0 radical (unpaired) electrons. The minimum absolute atomic E-state index is 0.0471. The summed E-state index contributed by atoms with van der Waals surface area (Å²) in [6.07, 6.45) is 1.48. The van der Waals surface area contributed by atoms with E-state index in [0.717, 1.165) is 6.07 Å². The average Bonchev–Trinajstić information content (AvgIpc) is 3.15. The highest BCUT2D eigenvalue weighted by Gasteiger charge is 2.24. The van der Waals surface area contributed by atoms with Gasteiger partial charge in [-0.25, -0.2) is 9.07 Å². The van der Waals surface area contributed by atoms with E-state index in [2.05, 4.69) is 10.3 Å². The third-order valence-corrected chi connectivity index (χ3v) is 6.03. The minimum Gasteiger partial charge on any atom is -0.508 e. The number of para-hydroxylation sites is 1. The molecule has 0 aliphatic rings. The molecule has 0 fully saturated rings. The second kappa shape index (κ2) is 10.2. The van der Waals surface area contributed by atoms with Gasteiger partial charge in [-0.2, -0.15) is 0 Å². The topological polar surface area (TPSA) is 119 Å². The van der Waals surface area contributed by atoms with Crippen LogP contribution in [-0.2, 0) is 6.54 Å². The Hall–Kier alpha value is -4.96. The van der Waals surface area contributed by atoms with Crippen molar-refractivity contribution in [2.45, 2.75) is 13.5 Å². The normalized spacial score (nSPS) is 11.0. The van der Waals surface area contributed by atoms with Gasteiger partial charge in [0.1, 0.15) is 17.1 Å². The predicted octanol–water partition coefficient (Wildman–Crippen LogP) is 4.38. The molecule has 0 aliphatic heterocycles. The summed E-state index contributed by atoms with van der Waals surface area (Å²) < 4.78 is 23.6. The largest absolute Gasteiger partial charge is 0.508 e. The van der Waals surface area contributed by atoms with Crippen molar-refractivity contribution in [2.24, 2.45) is 0 Å². The summed E-state index contributed by atoms with van der Waals surface area (Å²) in [5, 5.41) is 22.3. The molecule has 0 atom stereocenters. The number of amides is 1. The van der Waals surface area contributed by atoms with Crippen molar-refractivity contribution in [3.8, 4) is 22.9 Å². The first-order valence-electron chi connectivity index (χ1n) is 11.7. The van der Waals surface area contributed by atoms with Crippen LogP contribution in [0.4, 0.5) is 10.1 Å². The Kier molecular flexibility index (Phi) is 6.63. The Labute approximate surface area is 216 Å². The lowest BCUT2D eigenvalue weighted by atomic mass is 10.2. The van der Waals surface area contributed by atoms with Crippen LogP contribution in [0.2, 0.25) is 0 Å². The van der Waals surface area contributed by atoms with E-state index in [-0.39, 0.29) is 35.9 Å². The number of aromatic nitrogens is 3. The highest BCUT2D eigenvalue weighted by Crippen LogP contribution is 2.32. The van der Waals surface area contributed by atoms with Gasteiger partial charge in [0.05, 0.1) is 30.0 Å². The minimum atomic E-state index is -0.734. The second-order valence-corrected chi connectivity index (χ2v) is 8.47. The molecule has 3 N–H and O–H groups in total. The lowest BCUT2D eigenvalue weighted by Crippen LogP contribution is -2.26. The Morgan fingerprint density at radius 1 is 1.05 bits per heavy atom. The SMILES string of the molecule is Cc1c(C(=O)Nc2ccc(Oc3ccnc4cc(O)ccc34)c(F)c2)c(=O)n(-c2ccccc2)n1CCO. The van der Waals surface area contributed by atoms with Crippen LogP contribution in [0.3, 0.4) is 0 Å². The number of benzene rings is 3. The Balaban J connectivity index is 1.42. The number of hydrogen-bond acceptors (Lipinski definition) is 6. The fourth-order valence-electron chi connectivity index (χ4n) is 4.27. The second-order valence-electron chi connectivity index (χ2n) is 8.47. The number of anilines is 1. The molecule has 0 saturated heterocycles. The summed E-state index contributed by atoms with van der Waals surface area (Å²) in [6.45, 7) is 1.48. The first kappa shape index (κ1) is 24.7. The van der Waals surface area contributed by atoms with Gasteiger partial charge in [-0.05, 0) is 49.4 Å². The van der Waals surface area contributed by atoms with Gasteiger partial charge in [0, 0.05) is 29.4 Å². The lowest BCUT2D eigenvalue weighted by Gasteiger charge is -2.12. The van der Waals surface area contributed by atoms with E-state index >= 15 is 0 Å². The summed E-state index contributed by atoms with van der Waals surface area (Å²) in [4.78, 5) is 30.6. The summed E-state index contributed by atoms with van der Waals surface area (Å²) in [5.74, 6) is -1.14. The van der Waals surface area contributed by atoms with Crippen LogP contribution in [0.1, 0.15) is 16.1 Å². The number of aromatic hydroxyl groups is 1. The monoisotopic (exact) mass is 514 g/mol. The van der Waals surface area contributed by atoms with E-state index in [0.29, 0.717) is 28.0 Å². The molecule has 192 valence electrons. The first-order chi connectivity index (χ1) is 18.4. The molecule has 0 aliphatic carbocycles. The van der Waals surface area contributed by atoms with Gasteiger partial charge in [-0.1, -0.05) is 18.2 Å². The number of aliphatic hydroxyl groups is 1. The van der Waals surface area contributed by atoms with Crippen molar-refractivity contribution < 1.29 is 24.1 Å². The molecule has 9 nitrogen and oxygen atoms in total. The van der Waals surface area contributed by atoms with E-state index in [9.17, 15) is 24.2 Å². The quantitative estimate of drug-likeness (QED) is 0.297. The van der Waals surface area contributed by atoms with Crippen LogP contribution in [-0.4, -0.2) is 37.1 Å². The van der Waals surface area contributed by atoms with Gasteiger partial charge < -0.3 is 20.3 Å². The molecular weight excluding hydrogens is 491 g/mol. The number of aliphatic hydroxyl groups excluding tert-OH is 1. The Bertz CT molecular complexity index is 1710. The number of fused-ring (bicyclic) bond motifs is 1. The number of carbonyl (C=O) groups is 1. The van der Waals surface area contributed by atoms with Crippen molar-refractivity contribution in [3.63, 3.8) is 0 Å². The number of phenols is 1. The number of carbonyl (C=O) groups excluding carboxylic acids is 1. The van der Waals surface area contributed by atoms with Crippen LogP contribution < -0.4 is 15.6 Å². The van der Waals surface area contributed by atoms with Crippen molar-refractivity contribution in [1.82, 2.24) is 14.3 Å². The maximum atomic E-state index is 15.0. The standard InChI is InChI=1S/C28H23FN4O5/c1-17-26(28(37)33(32(17)13-14-34)19-5-3-2-4-6-19)27(36)31-18-7-10-25(22(29)15-18)38-24-11-12-30-23-16-20(35)8-9-21(23)24/h2-12,15-16,34-35H,13-14H2,1H3,(H,31,36). The molecular formula is C28H23FN4O5. The molecule has 0 spiro atoms. The Morgan fingerprint density at radius 3 is 2.58 bits per heavy atom. The molecule has 0 unspecified atom stereocenters. The number of phenolic OH excluding ortho intramolecular Hbond substituents is 1. The van der Waals surface area contributed by atoms with Gasteiger partial charge >= 0.3 is 0 Å². The van der Waals surface area contributed by atoms with Crippen LogP contribution in [0, 0.1) is 12.7 Å². The summed E-state index contributed by atoms with van der Waals surface area (Å²) >= 11 is 0. The number of ether oxygens (including phenoxy) is 1. The fraction of sp³-hybridized carbons (Fsp3) is 0.107. The molecule has 10 heteroatoms. The van der Waals surface area contributed by atoms with Gasteiger partial charge in [0.2, 0.25) is 0 Å². The van der Waals surface area contributed by atoms with Gasteiger partial charge in [-0.15, -0.1) is 0 Å². The molecule has 2 heterocycles. The Morgan fingerprint density at radius 2 is 1.84 bits per heavy atom. The maximum Gasteiger partial charge on any atom is 0.284 e. The van der Waals surface area contributed by atoms with E-state index in [4.69, 9.17) is 4.74 Å². The molecule has 0 saturated carbocycles. The van der Waals surface area contributed by atoms with Gasteiger partial charge in [0.25, 0.3) is 11.5 Å². The van der Waals surface area contributed by atoms with Gasteiger partial charge in [-0.3, -0.25) is 19.3 Å². The summed E-state index contributed by atoms with van der Waals surface area (Å²) in [5.41, 5.74) is 0.840. The van der Waals surface area contributed by atoms with E-state index < -0.39 is 17.3 Å². The fourth-order valence-corrected chi connectivity index (χ4v) is 4.27. The number of nitrogens with one attached hydrogen (secondary N) is 1. The smallest absolute Gasteiger partial charge is 0.284 e. The highest BCUT2D eigenvalue weighted by atomic mass is 19.1. The summed E-state index contributed by atoms with van der Waals surface area (Å²) in [7, 11) is 0. The molecule has 5 aromatic rings. The third kappa shape index (κ3) is 4.60. The zero-order valence-corrected chi connectivity index (χ0v) is 20.3. The number of pyridine rings is 1. The zero-order chi connectivity index (χ0) is 26.8. The molecule has 3 aromatic carbocycles. The number of nitrogens with zero attached hydrogens (tertiary/aromatic N) is 3. The van der Waals surface area contributed by atoms with E-state index in [1.807, 2.05) is 0 Å². The molecule has 1 amide bonds. The molecule has 5 rings (SSSR count). The van der Waals surface area contributed by atoms with Crippen molar-refractivity contribution in [1.29, 1.82) is 0 Å². The van der Waals surface area contributed by atoms with Crippen LogP contribution in [0.15, 0.2) is 83.8 Å². The lowest BCUT2D eigenvalue weighted by molar-refractivity contribution is 0.102. The van der Waals surface area contributed by atoms with Crippen LogP contribution in [0.5, 0.6) is 17.2 Å². The summed E-state index contributed by atoms with van der Waals surface area (Å²) in [6, 6.07) is 18.8. The third-order valence-electron chi connectivity index (χ3n) is 6.03. The zero-order valence-electron chi connectivity index (χ0n) is 20.3. The number of rotatable bonds is 7. The predicted molar refractivity (Wildman–Crippen MR) is 140 cm³/mol. The van der Waals surface area contributed by atoms with Crippen molar-refractivity contribution in [2.75, 3.05) is 11.9 Å². The molecule has 2 aromatic heterocycles. The first-order valence-corrected chi connectivity index (χ1v) is 11.7. The number of halogens is 1. The van der Waals surface area contributed by atoms with E-state index in [1.165, 1.54) is 39.8 Å². The average molecular weight is 515 g/mol. The van der Waals surface area contributed by atoms with Crippen LogP contribution in [0.25, 0.3) is 16.6 Å².